The third kappa shape index (κ3) is 4.60. The van der Waals surface area contributed by atoms with E-state index in [0.29, 0.717) is 16.6 Å². The van der Waals surface area contributed by atoms with Gasteiger partial charge in [0.15, 0.2) is 5.82 Å². The number of nitrogens with one attached hydrogen (secondary N) is 1. The Morgan fingerprint density at radius 2 is 2.12 bits per heavy atom. The minimum atomic E-state index is -0.175. The molecule has 3 N–H and O–H groups in total. The highest BCUT2D eigenvalue weighted by molar-refractivity contribution is 8.00. The fourth-order valence-corrected chi connectivity index (χ4v) is 1.76. The Kier molecular flexibility index (Phi) is 4.74. The molecule has 0 atom stereocenters. The summed E-state index contributed by atoms with van der Waals surface area (Å²) in [7, 11) is 0. The number of nitrogens with zero attached hydrogens (tertiary/aromatic N) is 2. The van der Waals surface area contributed by atoms with Crippen LogP contribution in [0.15, 0.2) is 17.4 Å². The molecule has 1 aromatic rings. The molecule has 1 heterocycles. The van der Waals surface area contributed by atoms with Crippen LogP contribution < -0.4 is 11.1 Å². The Bertz CT molecular complexity index is 395. The number of carbonyl (C=O) groups is 1. The van der Waals surface area contributed by atoms with Crippen LogP contribution in [0, 0.1) is 0 Å². The van der Waals surface area contributed by atoms with Gasteiger partial charge >= 0.3 is 0 Å². The van der Waals surface area contributed by atoms with Gasteiger partial charge in [0.25, 0.3) is 0 Å². The highest BCUT2D eigenvalue weighted by Crippen LogP contribution is 2.19. The summed E-state index contributed by atoms with van der Waals surface area (Å²) < 4.78 is 0. The van der Waals surface area contributed by atoms with Crippen LogP contribution in [0.25, 0.3) is 0 Å². The minimum Gasteiger partial charge on any atom is -0.381 e. The molecule has 0 unspecified atom stereocenters. The molecule has 0 saturated carbocycles. The van der Waals surface area contributed by atoms with Crippen molar-refractivity contribution in [3.8, 4) is 0 Å². The van der Waals surface area contributed by atoms with E-state index in [2.05, 4.69) is 15.3 Å². The number of anilines is 1. The molecule has 1 rings (SSSR count). The molecule has 0 aliphatic carbocycles. The first kappa shape index (κ1) is 13.8. The molecule has 0 spiro atoms. The van der Waals surface area contributed by atoms with Gasteiger partial charge in [-0.2, -0.15) is 0 Å². The number of thioether (sulfide) groups is 1. The average Bonchev–Trinajstić information content (AvgIpc) is 2.27. The van der Waals surface area contributed by atoms with Gasteiger partial charge in [0.2, 0.25) is 5.91 Å². The second-order valence-electron chi connectivity index (χ2n) is 4.32. The lowest BCUT2D eigenvalue weighted by Crippen LogP contribution is -2.43. The average molecular weight is 254 g/mol. The zero-order valence-electron chi connectivity index (χ0n) is 10.4. The number of amides is 1. The number of rotatable bonds is 5. The van der Waals surface area contributed by atoms with Gasteiger partial charge in [0.05, 0.1) is 5.75 Å². The molecule has 1 amide bonds. The molecule has 0 aliphatic heterocycles. The molecule has 94 valence electrons. The van der Waals surface area contributed by atoms with Gasteiger partial charge in [-0.05, 0) is 20.3 Å². The Hall–Kier alpha value is -1.30. The van der Waals surface area contributed by atoms with Crippen LogP contribution in [0.3, 0.4) is 0 Å². The van der Waals surface area contributed by atoms with Gasteiger partial charge in [-0.3, -0.25) is 4.79 Å². The summed E-state index contributed by atoms with van der Waals surface area (Å²) in [6, 6.07) is 0. The van der Waals surface area contributed by atoms with Crippen molar-refractivity contribution in [1.82, 2.24) is 15.3 Å². The first-order chi connectivity index (χ1) is 7.94. The SMILES string of the molecule is CCC(C)(C)NC(=O)CSc1nccnc1N. The van der Waals surface area contributed by atoms with E-state index in [0.717, 1.165) is 6.42 Å². The van der Waals surface area contributed by atoms with E-state index in [1.165, 1.54) is 18.0 Å². The summed E-state index contributed by atoms with van der Waals surface area (Å²) in [6.45, 7) is 6.02. The van der Waals surface area contributed by atoms with Crippen molar-refractivity contribution in [1.29, 1.82) is 0 Å². The first-order valence-electron chi connectivity index (χ1n) is 5.45. The summed E-state index contributed by atoms with van der Waals surface area (Å²) >= 11 is 1.30. The Labute approximate surface area is 106 Å². The van der Waals surface area contributed by atoms with Crippen LogP contribution >= 0.6 is 11.8 Å². The van der Waals surface area contributed by atoms with E-state index in [1.54, 1.807) is 6.20 Å². The van der Waals surface area contributed by atoms with Crippen LogP contribution in [0.4, 0.5) is 5.82 Å². The van der Waals surface area contributed by atoms with Crippen LogP contribution in [-0.4, -0.2) is 27.2 Å². The zero-order chi connectivity index (χ0) is 12.9. The molecule has 6 heteroatoms. The molecular formula is C11H18N4OS. The van der Waals surface area contributed by atoms with E-state index >= 15 is 0 Å². The zero-order valence-corrected chi connectivity index (χ0v) is 11.2. The van der Waals surface area contributed by atoms with Crippen molar-refractivity contribution >= 4 is 23.5 Å². The van der Waals surface area contributed by atoms with Gasteiger partial charge < -0.3 is 11.1 Å². The van der Waals surface area contributed by atoms with Crippen LogP contribution in [0.1, 0.15) is 27.2 Å². The van der Waals surface area contributed by atoms with Crippen molar-refractivity contribution in [2.75, 3.05) is 11.5 Å². The largest absolute Gasteiger partial charge is 0.381 e. The molecule has 17 heavy (non-hydrogen) atoms. The molecule has 0 saturated heterocycles. The first-order valence-corrected chi connectivity index (χ1v) is 6.43. The standard InChI is InChI=1S/C11H18N4OS/c1-4-11(2,3)15-8(16)7-17-10-9(12)13-5-6-14-10/h5-6H,4,7H2,1-3H3,(H2,12,13)(H,15,16). The van der Waals surface area contributed by atoms with Crippen LogP contribution in [0.2, 0.25) is 0 Å². The maximum Gasteiger partial charge on any atom is 0.230 e. The van der Waals surface area contributed by atoms with Gasteiger partial charge in [0, 0.05) is 17.9 Å². The fourth-order valence-electron chi connectivity index (χ4n) is 1.08. The molecule has 0 radical (unpaired) electrons. The number of hydrogen-bond donors (Lipinski definition) is 2. The molecule has 0 aliphatic rings. The second-order valence-corrected chi connectivity index (χ2v) is 5.29. The summed E-state index contributed by atoms with van der Waals surface area (Å²) in [5.74, 6) is 0.638. The van der Waals surface area contributed by atoms with Gasteiger partial charge in [0.1, 0.15) is 5.03 Å². The Morgan fingerprint density at radius 1 is 1.47 bits per heavy atom. The molecular weight excluding hydrogens is 236 g/mol. The van der Waals surface area contributed by atoms with E-state index in [-0.39, 0.29) is 11.4 Å². The predicted molar refractivity (Wildman–Crippen MR) is 69.7 cm³/mol. The Morgan fingerprint density at radius 3 is 2.71 bits per heavy atom. The van der Waals surface area contributed by atoms with E-state index in [9.17, 15) is 4.79 Å². The molecule has 0 fully saturated rings. The third-order valence-electron chi connectivity index (χ3n) is 2.39. The van der Waals surface area contributed by atoms with Gasteiger partial charge in [-0.15, -0.1) is 0 Å². The molecule has 0 aromatic carbocycles. The highest BCUT2D eigenvalue weighted by Gasteiger charge is 2.18. The quantitative estimate of drug-likeness (QED) is 0.777. The number of nitrogens with two attached hydrogens (primary N) is 1. The smallest absolute Gasteiger partial charge is 0.230 e. The van der Waals surface area contributed by atoms with Crippen molar-refractivity contribution in [2.24, 2.45) is 0 Å². The number of aromatic nitrogens is 2. The van der Waals surface area contributed by atoms with E-state index in [1.807, 2.05) is 20.8 Å². The van der Waals surface area contributed by atoms with E-state index in [4.69, 9.17) is 5.73 Å². The molecule has 1 aromatic heterocycles. The fraction of sp³-hybridized carbons (Fsp3) is 0.545. The highest BCUT2D eigenvalue weighted by atomic mass is 32.2. The van der Waals surface area contributed by atoms with Crippen molar-refractivity contribution in [3.63, 3.8) is 0 Å². The summed E-state index contributed by atoms with van der Waals surface area (Å²) in [5, 5.41) is 3.54. The summed E-state index contributed by atoms with van der Waals surface area (Å²) in [5.41, 5.74) is 5.46. The molecule has 5 nitrogen and oxygen atoms in total. The topological polar surface area (TPSA) is 80.9 Å². The van der Waals surface area contributed by atoms with Gasteiger partial charge in [-0.1, -0.05) is 18.7 Å². The van der Waals surface area contributed by atoms with Crippen molar-refractivity contribution < 1.29 is 4.79 Å². The summed E-state index contributed by atoms with van der Waals surface area (Å²) in [6.07, 6.45) is 3.98. The lowest BCUT2D eigenvalue weighted by Gasteiger charge is -2.24. The minimum absolute atomic E-state index is 0.0214. The molecule has 0 bridgehead atoms. The monoisotopic (exact) mass is 254 g/mol. The normalized spacial score (nSPS) is 11.2. The maximum atomic E-state index is 11.7. The number of carbonyl (C=O) groups excluding carboxylic acids is 1. The predicted octanol–water partition coefficient (Wildman–Crippen LogP) is 1.46. The number of nitrogen functional groups attached to an aromatic ring is 1. The third-order valence-corrected chi connectivity index (χ3v) is 3.39. The Balaban J connectivity index is 2.47. The van der Waals surface area contributed by atoms with Crippen LogP contribution in [-0.2, 0) is 4.79 Å². The van der Waals surface area contributed by atoms with Gasteiger partial charge in [-0.25, -0.2) is 9.97 Å². The van der Waals surface area contributed by atoms with Crippen molar-refractivity contribution in [3.05, 3.63) is 12.4 Å². The van der Waals surface area contributed by atoms with Crippen molar-refractivity contribution in [2.45, 2.75) is 37.8 Å². The maximum absolute atomic E-state index is 11.7. The van der Waals surface area contributed by atoms with E-state index < -0.39 is 0 Å². The lowest BCUT2D eigenvalue weighted by atomic mass is 10.0. The summed E-state index contributed by atoms with van der Waals surface area (Å²) in [4.78, 5) is 19.7. The second kappa shape index (κ2) is 5.86. The lowest BCUT2D eigenvalue weighted by molar-refractivity contribution is -0.120. The van der Waals surface area contributed by atoms with Crippen LogP contribution in [0.5, 0.6) is 0 Å². The number of hydrogen-bond acceptors (Lipinski definition) is 5.